The van der Waals surface area contributed by atoms with Gasteiger partial charge in [-0.1, -0.05) is 80.1 Å². The van der Waals surface area contributed by atoms with E-state index in [-0.39, 0.29) is 18.0 Å². The Morgan fingerprint density at radius 2 is 1.85 bits per heavy atom. The first-order valence-corrected chi connectivity index (χ1v) is 12.1. The zero-order valence-electron chi connectivity index (χ0n) is 19.6. The summed E-state index contributed by atoms with van der Waals surface area (Å²) < 4.78 is 1.91. The van der Waals surface area contributed by atoms with Crippen LogP contribution in [0.1, 0.15) is 38.7 Å². The molecule has 1 saturated heterocycles. The summed E-state index contributed by atoms with van der Waals surface area (Å²) in [5.41, 5.74) is 4.25. The smallest absolute Gasteiger partial charge is 0.241 e. The molecule has 172 valence electrons. The van der Waals surface area contributed by atoms with Crippen LogP contribution in [0.15, 0.2) is 66.7 Å². The summed E-state index contributed by atoms with van der Waals surface area (Å²) >= 11 is 0. The Balaban J connectivity index is 1.44. The van der Waals surface area contributed by atoms with E-state index in [9.17, 15) is 4.79 Å². The van der Waals surface area contributed by atoms with Crippen LogP contribution >= 0.6 is 0 Å². The summed E-state index contributed by atoms with van der Waals surface area (Å²) in [5, 5.41) is 8.70. The predicted octanol–water partition coefficient (Wildman–Crippen LogP) is 4.48. The predicted molar refractivity (Wildman–Crippen MR) is 130 cm³/mol. The van der Waals surface area contributed by atoms with Crippen molar-refractivity contribution in [2.24, 2.45) is 11.8 Å². The standard InChI is InChI=1S/C27H33N5O/c1-4-21-14-19(2)26(20(3)15-21)31-17-30(18-32-24-13-9-8-12-23(24)28-29-32)25(27(31)33)16-22-10-6-5-7-11-22/h5-13,20-21,25-26H,2,4,14-18H2,1,3H3/t20?,21?,25-,26?/m1/s1. The fourth-order valence-corrected chi connectivity index (χ4v) is 5.80. The monoisotopic (exact) mass is 443 g/mol. The zero-order chi connectivity index (χ0) is 22.9. The molecule has 6 nitrogen and oxygen atoms in total. The van der Waals surface area contributed by atoms with Gasteiger partial charge in [-0.15, -0.1) is 5.10 Å². The van der Waals surface area contributed by atoms with Crippen molar-refractivity contribution in [3.05, 3.63) is 72.3 Å². The molecule has 3 unspecified atom stereocenters. The molecule has 3 aromatic rings. The summed E-state index contributed by atoms with van der Waals surface area (Å²) in [5.74, 6) is 1.31. The van der Waals surface area contributed by atoms with Gasteiger partial charge in [0.15, 0.2) is 0 Å². The van der Waals surface area contributed by atoms with E-state index in [0.29, 0.717) is 31.6 Å². The quantitative estimate of drug-likeness (QED) is 0.527. The van der Waals surface area contributed by atoms with Crippen LogP contribution in [-0.2, 0) is 17.9 Å². The second kappa shape index (κ2) is 9.10. The zero-order valence-corrected chi connectivity index (χ0v) is 19.6. The molecule has 5 rings (SSSR count). The molecule has 1 aliphatic heterocycles. The number of amides is 1. The summed E-state index contributed by atoms with van der Waals surface area (Å²) in [6, 6.07) is 18.2. The summed E-state index contributed by atoms with van der Waals surface area (Å²) in [7, 11) is 0. The highest BCUT2D eigenvalue weighted by molar-refractivity contribution is 5.85. The van der Waals surface area contributed by atoms with Crippen LogP contribution in [0.3, 0.4) is 0 Å². The molecular formula is C27H33N5O. The van der Waals surface area contributed by atoms with Crippen molar-refractivity contribution >= 4 is 16.9 Å². The Bertz CT molecular complexity index is 1140. The van der Waals surface area contributed by atoms with Crippen LogP contribution in [0.4, 0.5) is 0 Å². The van der Waals surface area contributed by atoms with Crippen molar-refractivity contribution in [1.82, 2.24) is 24.8 Å². The average molecular weight is 444 g/mol. The number of carbonyl (C=O) groups excluding carboxylic acids is 1. The molecule has 1 amide bonds. The van der Waals surface area contributed by atoms with Gasteiger partial charge in [0.2, 0.25) is 5.91 Å². The maximum atomic E-state index is 13.9. The molecule has 0 spiro atoms. The number of para-hydroxylation sites is 1. The second-order valence-corrected chi connectivity index (χ2v) is 9.76. The minimum atomic E-state index is -0.223. The van der Waals surface area contributed by atoms with Crippen LogP contribution in [0.2, 0.25) is 0 Å². The highest BCUT2D eigenvalue weighted by atomic mass is 16.2. The van der Waals surface area contributed by atoms with E-state index in [1.807, 2.05) is 47.1 Å². The Labute approximate surface area is 195 Å². The van der Waals surface area contributed by atoms with Crippen molar-refractivity contribution in [2.75, 3.05) is 6.67 Å². The van der Waals surface area contributed by atoms with Gasteiger partial charge in [0.1, 0.15) is 5.52 Å². The summed E-state index contributed by atoms with van der Waals surface area (Å²) in [6.45, 7) is 10.1. The fourth-order valence-electron chi connectivity index (χ4n) is 5.80. The van der Waals surface area contributed by atoms with Gasteiger partial charge in [-0.2, -0.15) is 0 Å². The number of hydrogen-bond donors (Lipinski definition) is 0. The molecule has 6 heteroatoms. The second-order valence-electron chi connectivity index (χ2n) is 9.76. The number of fused-ring (bicyclic) bond motifs is 1. The van der Waals surface area contributed by atoms with Gasteiger partial charge in [-0.05, 0) is 48.8 Å². The third-order valence-electron chi connectivity index (χ3n) is 7.48. The summed E-state index contributed by atoms with van der Waals surface area (Å²) in [4.78, 5) is 18.2. The Morgan fingerprint density at radius 3 is 2.61 bits per heavy atom. The molecule has 2 heterocycles. The molecule has 1 saturated carbocycles. The molecular weight excluding hydrogens is 410 g/mol. The molecule has 2 fully saturated rings. The number of aromatic nitrogens is 3. The lowest BCUT2D eigenvalue weighted by Crippen LogP contribution is -2.46. The molecule has 2 aromatic carbocycles. The molecule has 4 atom stereocenters. The number of hydrogen-bond acceptors (Lipinski definition) is 4. The van der Waals surface area contributed by atoms with Crippen LogP contribution in [0.25, 0.3) is 11.0 Å². The molecule has 0 radical (unpaired) electrons. The van der Waals surface area contributed by atoms with E-state index < -0.39 is 0 Å². The van der Waals surface area contributed by atoms with E-state index in [0.717, 1.165) is 23.9 Å². The van der Waals surface area contributed by atoms with Gasteiger partial charge < -0.3 is 4.90 Å². The number of carbonyl (C=O) groups is 1. The lowest BCUT2D eigenvalue weighted by molar-refractivity contribution is -0.131. The first-order chi connectivity index (χ1) is 16.0. The fraction of sp³-hybridized carbons (Fsp3) is 0.444. The van der Waals surface area contributed by atoms with E-state index in [4.69, 9.17) is 0 Å². The van der Waals surface area contributed by atoms with Gasteiger partial charge in [0.25, 0.3) is 0 Å². The van der Waals surface area contributed by atoms with Gasteiger partial charge in [-0.25, -0.2) is 4.68 Å². The third-order valence-corrected chi connectivity index (χ3v) is 7.48. The normalized spacial score (nSPS) is 26.4. The third kappa shape index (κ3) is 4.20. The van der Waals surface area contributed by atoms with Gasteiger partial charge >= 0.3 is 0 Å². The molecule has 1 aliphatic carbocycles. The van der Waals surface area contributed by atoms with Crippen LogP contribution in [0.5, 0.6) is 0 Å². The van der Waals surface area contributed by atoms with Crippen molar-refractivity contribution in [3.8, 4) is 0 Å². The number of rotatable bonds is 6. The van der Waals surface area contributed by atoms with Crippen molar-refractivity contribution in [1.29, 1.82) is 0 Å². The van der Waals surface area contributed by atoms with Crippen LogP contribution in [-0.4, -0.2) is 49.5 Å². The largest absolute Gasteiger partial charge is 0.321 e. The maximum Gasteiger partial charge on any atom is 0.241 e. The van der Waals surface area contributed by atoms with Crippen LogP contribution in [0, 0.1) is 11.8 Å². The SMILES string of the molecule is C=C1CC(CC)CC(C)C1N1CN(Cn2nnc3ccccc32)[C@H](Cc2ccccc2)C1=O. The summed E-state index contributed by atoms with van der Waals surface area (Å²) in [6.07, 6.45) is 4.04. The molecule has 33 heavy (non-hydrogen) atoms. The van der Waals surface area contributed by atoms with Crippen molar-refractivity contribution in [3.63, 3.8) is 0 Å². The lowest BCUT2D eigenvalue weighted by atomic mass is 9.74. The minimum Gasteiger partial charge on any atom is -0.321 e. The van der Waals surface area contributed by atoms with E-state index >= 15 is 0 Å². The highest BCUT2D eigenvalue weighted by Gasteiger charge is 2.45. The van der Waals surface area contributed by atoms with E-state index in [1.165, 1.54) is 17.6 Å². The molecule has 0 N–H and O–H groups in total. The molecule has 0 bridgehead atoms. The molecule has 1 aromatic heterocycles. The topological polar surface area (TPSA) is 54.3 Å². The number of nitrogens with zero attached hydrogens (tertiary/aromatic N) is 5. The first-order valence-electron chi connectivity index (χ1n) is 12.1. The Kier molecular flexibility index (Phi) is 6.02. The first kappa shape index (κ1) is 21.8. The Morgan fingerprint density at radius 1 is 1.09 bits per heavy atom. The Hall–Kier alpha value is -2.99. The van der Waals surface area contributed by atoms with Crippen LogP contribution < -0.4 is 0 Å². The van der Waals surface area contributed by atoms with Gasteiger partial charge in [-0.3, -0.25) is 9.69 Å². The highest BCUT2D eigenvalue weighted by Crippen LogP contribution is 2.39. The lowest BCUT2D eigenvalue weighted by Gasteiger charge is -2.41. The van der Waals surface area contributed by atoms with Crippen molar-refractivity contribution in [2.45, 2.75) is 58.3 Å². The minimum absolute atomic E-state index is 0.107. The van der Waals surface area contributed by atoms with E-state index in [2.05, 4.69) is 52.7 Å². The van der Waals surface area contributed by atoms with E-state index in [1.54, 1.807) is 0 Å². The maximum absolute atomic E-state index is 13.9. The average Bonchev–Trinajstić information content (AvgIpc) is 3.36. The van der Waals surface area contributed by atoms with Gasteiger partial charge in [0.05, 0.1) is 30.9 Å². The number of benzene rings is 2. The molecule has 2 aliphatic rings. The van der Waals surface area contributed by atoms with Gasteiger partial charge in [0, 0.05) is 0 Å². The van der Waals surface area contributed by atoms with Crippen molar-refractivity contribution < 1.29 is 4.79 Å².